The summed E-state index contributed by atoms with van der Waals surface area (Å²) >= 11 is 0. The molecule has 6 nitrogen and oxygen atoms in total. The molecule has 1 amide bonds. The van der Waals surface area contributed by atoms with E-state index in [4.69, 9.17) is 0 Å². The number of hydrogen-bond acceptors (Lipinski definition) is 4. The van der Waals surface area contributed by atoms with Gasteiger partial charge in [-0.3, -0.25) is 19.7 Å². The van der Waals surface area contributed by atoms with Crippen molar-refractivity contribution in [2.24, 2.45) is 0 Å². The zero-order chi connectivity index (χ0) is 18.2. The Balaban J connectivity index is 1.87. The van der Waals surface area contributed by atoms with Gasteiger partial charge in [-0.2, -0.15) is 0 Å². The highest BCUT2D eigenvalue weighted by atomic mass is 16.6. The average Bonchev–Trinajstić information content (AvgIpc) is 2.61. The van der Waals surface area contributed by atoms with Gasteiger partial charge in [0, 0.05) is 36.2 Å². The van der Waals surface area contributed by atoms with E-state index in [-0.39, 0.29) is 30.2 Å². The van der Waals surface area contributed by atoms with Crippen molar-refractivity contribution in [3.63, 3.8) is 0 Å². The SMILES string of the molecule is CCCc1ccc(C(=O)CCC(=O)Nc2cccc([N+](=O)[O-])c2)cc1. The second-order valence-corrected chi connectivity index (χ2v) is 5.73. The van der Waals surface area contributed by atoms with E-state index < -0.39 is 4.92 Å². The van der Waals surface area contributed by atoms with Crippen LogP contribution in [0.3, 0.4) is 0 Å². The molecule has 1 N–H and O–H groups in total. The number of nitrogens with one attached hydrogen (secondary N) is 1. The van der Waals surface area contributed by atoms with E-state index in [1.54, 1.807) is 18.2 Å². The maximum atomic E-state index is 12.1. The first-order valence-electron chi connectivity index (χ1n) is 8.16. The summed E-state index contributed by atoms with van der Waals surface area (Å²) in [6.45, 7) is 2.10. The minimum absolute atomic E-state index is 0.0260. The molecule has 2 rings (SSSR count). The highest BCUT2D eigenvalue weighted by Gasteiger charge is 2.11. The molecule has 0 saturated carbocycles. The first kappa shape index (κ1) is 18.3. The van der Waals surface area contributed by atoms with Crippen molar-refractivity contribution >= 4 is 23.1 Å². The number of ketones is 1. The van der Waals surface area contributed by atoms with Crippen LogP contribution in [0, 0.1) is 10.1 Å². The second kappa shape index (κ2) is 8.73. The maximum absolute atomic E-state index is 12.1. The molecular formula is C19H20N2O4. The lowest BCUT2D eigenvalue weighted by atomic mass is 10.0. The average molecular weight is 340 g/mol. The Morgan fingerprint density at radius 2 is 1.80 bits per heavy atom. The highest BCUT2D eigenvalue weighted by Crippen LogP contribution is 2.17. The van der Waals surface area contributed by atoms with Crippen molar-refractivity contribution < 1.29 is 14.5 Å². The third-order valence-electron chi connectivity index (χ3n) is 3.73. The van der Waals surface area contributed by atoms with Gasteiger partial charge in [0.25, 0.3) is 5.69 Å². The maximum Gasteiger partial charge on any atom is 0.271 e. The fraction of sp³-hybridized carbons (Fsp3) is 0.263. The van der Waals surface area contributed by atoms with Crippen molar-refractivity contribution in [2.75, 3.05) is 5.32 Å². The summed E-state index contributed by atoms with van der Waals surface area (Å²) in [6.07, 6.45) is 2.14. The molecule has 0 aliphatic rings. The quantitative estimate of drug-likeness (QED) is 0.444. The molecule has 0 spiro atoms. The summed E-state index contributed by atoms with van der Waals surface area (Å²) in [5.74, 6) is -0.450. The van der Waals surface area contributed by atoms with Gasteiger partial charge in [-0.1, -0.05) is 43.7 Å². The van der Waals surface area contributed by atoms with Crippen LogP contribution in [-0.4, -0.2) is 16.6 Å². The van der Waals surface area contributed by atoms with Crippen LogP contribution in [0.4, 0.5) is 11.4 Å². The van der Waals surface area contributed by atoms with Crippen LogP contribution in [-0.2, 0) is 11.2 Å². The van der Waals surface area contributed by atoms with Crippen LogP contribution in [0.25, 0.3) is 0 Å². The highest BCUT2D eigenvalue weighted by molar-refractivity contribution is 6.00. The molecule has 0 aliphatic heterocycles. The molecule has 0 aliphatic carbocycles. The molecule has 0 atom stereocenters. The minimum atomic E-state index is -0.526. The molecule has 0 bridgehead atoms. The summed E-state index contributed by atoms with van der Waals surface area (Å²) in [6, 6.07) is 13.1. The molecule has 0 unspecified atom stereocenters. The number of nitro benzene ring substituents is 1. The van der Waals surface area contributed by atoms with Gasteiger partial charge >= 0.3 is 0 Å². The Hall–Kier alpha value is -3.02. The third-order valence-corrected chi connectivity index (χ3v) is 3.73. The Morgan fingerprint density at radius 3 is 2.44 bits per heavy atom. The predicted octanol–water partition coefficient (Wildman–Crippen LogP) is 4.15. The zero-order valence-corrected chi connectivity index (χ0v) is 14.0. The first-order chi connectivity index (χ1) is 12.0. The van der Waals surface area contributed by atoms with E-state index >= 15 is 0 Å². The number of carbonyl (C=O) groups is 2. The van der Waals surface area contributed by atoms with Gasteiger partial charge in [0.15, 0.2) is 5.78 Å². The number of carbonyl (C=O) groups excluding carboxylic acids is 2. The molecule has 0 radical (unpaired) electrons. The largest absolute Gasteiger partial charge is 0.326 e. The van der Waals surface area contributed by atoms with Crippen LogP contribution in [0.1, 0.15) is 42.1 Å². The normalized spacial score (nSPS) is 10.3. The van der Waals surface area contributed by atoms with Crippen molar-refractivity contribution in [1.82, 2.24) is 0 Å². The van der Waals surface area contributed by atoms with E-state index in [1.165, 1.54) is 23.8 Å². The van der Waals surface area contributed by atoms with Gasteiger partial charge in [0.2, 0.25) is 5.91 Å². The number of benzene rings is 2. The van der Waals surface area contributed by atoms with E-state index in [0.717, 1.165) is 12.8 Å². The number of anilines is 1. The molecule has 2 aromatic rings. The number of aryl methyl sites for hydroxylation is 1. The molecule has 0 heterocycles. The van der Waals surface area contributed by atoms with Crippen molar-refractivity contribution in [2.45, 2.75) is 32.6 Å². The molecule has 0 saturated heterocycles. The number of amides is 1. The molecule has 2 aromatic carbocycles. The predicted molar refractivity (Wildman–Crippen MR) is 95.7 cm³/mol. The van der Waals surface area contributed by atoms with Gasteiger partial charge in [-0.25, -0.2) is 0 Å². The lowest BCUT2D eigenvalue weighted by Crippen LogP contribution is -2.13. The van der Waals surface area contributed by atoms with Gasteiger partial charge in [0.05, 0.1) is 4.92 Å². The molecule has 6 heteroatoms. The van der Waals surface area contributed by atoms with Crippen molar-refractivity contribution in [1.29, 1.82) is 0 Å². The fourth-order valence-electron chi connectivity index (χ4n) is 2.44. The molecule has 0 fully saturated rings. The number of nitro groups is 1. The number of Topliss-reactive ketones (excluding diaryl/α,β-unsaturated/α-hetero) is 1. The van der Waals surface area contributed by atoms with Gasteiger partial charge in [0.1, 0.15) is 0 Å². The lowest BCUT2D eigenvalue weighted by Gasteiger charge is -2.05. The van der Waals surface area contributed by atoms with Gasteiger partial charge < -0.3 is 5.32 Å². The van der Waals surface area contributed by atoms with Crippen LogP contribution < -0.4 is 5.32 Å². The Bertz CT molecular complexity index is 769. The van der Waals surface area contributed by atoms with E-state index in [2.05, 4.69) is 12.2 Å². The van der Waals surface area contributed by atoms with E-state index in [1.807, 2.05) is 12.1 Å². The van der Waals surface area contributed by atoms with Gasteiger partial charge in [-0.15, -0.1) is 0 Å². The van der Waals surface area contributed by atoms with Crippen LogP contribution in [0.2, 0.25) is 0 Å². The molecule has 0 aromatic heterocycles. The number of nitrogens with zero attached hydrogens (tertiary/aromatic N) is 1. The fourth-order valence-corrected chi connectivity index (χ4v) is 2.44. The summed E-state index contributed by atoms with van der Waals surface area (Å²) in [7, 11) is 0. The first-order valence-corrected chi connectivity index (χ1v) is 8.16. The summed E-state index contributed by atoms with van der Waals surface area (Å²) < 4.78 is 0. The summed E-state index contributed by atoms with van der Waals surface area (Å²) in [5.41, 5.74) is 2.02. The minimum Gasteiger partial charge on any atom is -0.326 e. The molecule has 130 valence electrons. The Labute approximate surface area is 146 Å². The monoisotopic (exact) mass is 340 g/mol. The Kier molecular flexibility index (Phi) is 6.39. The van der Waals surface area contributed by atoms with Crippen molar-refractivity contribution in [3.8, 4) is 0 Å². The number of hydrogen-bond donors (Lipinski definition) is 1. The number of rotatable bonds is 8. The van der Waals surface area contributed by atoms with Crippen LogP contribution in [0.5, 0.6) is 0 Å². The smallest absolute Gasteiger partial charge is 0.271 e. The summed E-state index contributed by atoms with van der Waals surface area (Å²) in [5, 5.41) is 13.3. The second-order valence-electron chi connectivity index (χ2n) is 5.73. The third kappa shape index (κ3) is 5.53. The van der Waals surface area contributed by atoms with Gasteiger partial charge in [-0.05, 0) is 18.1 Å². The number of non-ortho nitro benzene ring substituents is 1. The summed E-state index contributed by atoms with van der Waals surface area (Å²) in [4.78, 5) is 34.3. The van der Waals surface area contributed by atoms with E-state index in [0.29, 0.717) is 11.3 Å². The van der Waals surface area contributed by atoms with E-state index in [9.17, 15) is 19.7 Å². The standard InChI is InChI=1S/C19H20N2O4/c1-2-4-14-7-9-15(10-8-14)18(22)11-12-19(23)20-16-5-3-6-17(13-16)21(24)25/h3,5-10,13H,2,4,11-12H2,1H3,(H,20,23). The lowest BCUT2D eigenvalue weighted by molar-refractivity contribution is -0.384. The van der Waals surface area contributed by atoms with Crippen molar-refractivity contribution in [3.05, 3.63) is 69.8 Å². The topological polar surface area (TPSA) is 89.3 Å². The molecule has 25 heavy (non-hydrogen) atoms. The molecular weight excluding hydrogens is 320 g/mol. The van der Waals surface area contributed by atoms with Crippen LogP contribution in [0.15, 0.2) is 48.5 Å². The zero-order valence-electron chi connectivity index (χ0n) is 14.0. The Morgan fingerprint density at radius 1 is 1.08 bits per heavy atom. The van der Waals surface area contributed by atoms with Crippen LogP contribution >= 0.6 is 0 Å².